The second-order valence-electron chi connectivity index (χ2n) is 8.53. The number of amidine groups is 1. The van der Waals surface area contributed by atoms with Gasteiger partial charge in [0.15, 0.2) is 0 Å². The Kier molecular flexibility index (Phi) is 11.9. The van der Waals surface area contributed by atoms with Crippen LogP contribution in [-0.4, -0.2) is 24.7 Å². The molecule has 0 atom stereocenters. The van der Waals surface area contributed by atoms with Crippen molar-refractivity contribution in [1.29, 1.82) is 0 Å². The zero-order valence-corrected chi connectivity index (χ0v) is 17.4. The average Bonchev–Trinajstić information content (AvgIpc) is 2.68. The van der Waals surface area contributed by atoms with Crippen molar-refractivity contribution in [2.75, 3.05) is 6.61 Å². The molecule has 0 aromatic heterocycles. The Labute approximate surface area is 162 Å². The van der Waals surface area contributed by atoms with Crippen molar-refractivity contribution >= 4 is 6.02 Å². The van der Waals surface area contributed by atoms with E-state index in [9.17, 15) is 0 Å². The zero-order valence-electron chi connectivity index (χ0n) is 17.4. The quantitative estimate of drug-likeness (QED) is 0.250. The topological polar surface area (TPSA) is 33.6 Å². The fraction of sp³-hybridized carbons (Fsp3) is 0.957. The third-order valence-corrected chi connectivity index (χ3v) is 6.04. The molecule has 2 saturated carbocycles. The first-order chi connectivity index (χ1) is 12.9. The minimum atomic E-state index is 0.494. The van der Waals surface area contributed by atoms with Gasteiger partial charge in [0.2, 0.25) is 0 Å². The third kappa shape index (κ3) is 9.83. The maximum absolute atomic E-state index is 6.13. The molecule has 2 rings (SSSR count). The first kappa shape index (κ1) is 21.6. The molecule has 0 spiro atoms. The summed E-state index contributed by atoms with van der Waals surface area (Å²) in [4.78, 5) is 4.98. The molecule has 0 amide bonds. The Bertz CT molecular complexity index is 357. The lowest BCUT2D eigenvalue weighted by Gasteiger charge is -2.26. The monoisotopic (exact) mass is 364 g/mol. The van der Waals surface area contributed by atoms with E-state index < -0.39 is 0 Å². The van der Waals surface area contributed by atoms with Crippen LogP contribution in [0.15, 0.2) is 4.99 Å². The van der Waals surface area contributed by atoms with Crippen molar-refractivity contribution in [2.45, 2.75) is 135 Å². The van der Waals surface area contributed by atoms with Gasteiger partial charge in [-0.15, -0.1) is 0 Å². The number of hydrogen-bond donors (Lipinski definition) is 1. The SMILES string of the molecule is CCCCCCCCCCOC(=NC1CCCCC1)NC1CCCCC1. The van der Waals surface area contributed by atoms with E-state index >= 15 is 0 Å². The summed E-state index contributed by atoms with van der Waals surface area (Å²) in [6, 6.07) is 1.95. The maximum Gasteiger partial charge on any atom is 0.285 e. The van der Waals surface area contributed by atoms with Crippen molar-refractivity contribution in [3.05, 3.63) is 0 Å². The van der Waals surface area contributed by atoms with Crippen molar-refractivity contribution in [3.63, 3.8) is 0 Å². The highest BCUT2D eigenvalue weighted by Crippen LogP contribution is 2.21. The summed E-state index contributed by atoms with van der Waals surface area (Å²) in [7, 11) is 0. The van der Waals surface area contributed by atoms with Crippen LogP contribution in [0.3, 0.4) is 0 Å². The van der Waals surface area contributed by atoms with Crippen LogP contribution in [0.4, 0.5) is 0 Å². The van der Waals surface area contributed by atoms with Gasteiger partial charge in [0.25, 0.3) is 6.02 Å². The first-order valence-corrected chi connectivity index (χ1v) is 11.9. The van der Waals surface area contributed by atoms with Gasteiger partial charge in [-0.2, -0.15) is 0 Å². The number of nitrogens with one attached hydrogen (secondary N) is 1. The van der Waals surface area contributed by atoms with Gasteiger partial charge in [-0.1, -0.05) is 90.4 Å². The minimum absolute atomic E-state index is 0.494. The maximum atomic E-state index is 6.13. The number of ether oxygens (including phenoxy) is 1. The second kappa shape index (κ2) is 14.3. The molecule has 152 valence electrons. The molecule has 0 saturated heterocycles. The molecule has 0 aromatic rings. The molecule has 1 N–H and O–H groups in total. The van der Waals surface area contributed by atoms with Crippen LogP contribution in [-0.2, 0) is 4.74 Å². The highest BCUT2D eigenvalue weighted by atomic mass is 16.5. The standard InChI is InChI=1S/C23H44N2O/c1-2-3-4-5-6-7-8-15-20-26-23(24-21-16-11-9-12-17-21)25-22-18-13-10-14-19-22/h21-22H,2-20H2,1H3,(H,24,25). The van der Waals surface area contributed by atoms with Gasteiger partial charge in [0.05, 0.1) is 12.6 Å². The van der Waals surface area contributed by atoms with E-state index in [1.165, 1.54) is 116 Å². The molecular formula is C23H44N2O. The lowest BCUT2D eigenvalue weighted by atomic mass is 9.95. The molecule has 26 heavy (non-hydrogen) atoms. The first-order valence-electron chi connectivity index (χ1n) is 11.9. The normalized spacial score (nSPS) is 20.3. The molecule has 2 aliphatic rings. The van der Waals surface area contributed by atoms with Crippen molar-refractivity contribution in [1.82, 2.24) is 5.32 Å². The summed E-state index contributed by atoms with van der Waals surface area (Å²) in [5, 5.41) is 3.66. The smallest absolute Gasteiger partial charge is 0.285 e. The van der Waals surface area contributed by atoms with Crippen LogP contribution < -0.4 is 5.32 Å². The molecule has 3 nitrogen and oxygen atoms in total. The van der Waals surface area contributed by atoms with Gasteiger partial charge in [-0.3, -0.25) is 0 Å². The molecule has 3 heteroatoms. The molecule has 0 aliphatic heterocycles. The average molecular weight is 365 g/mol. The Morgan fingerprint density at radius 2 is 1.35 bits per heavy atom. The summed E-state index contributed by atoms with van der Waals surface area (Å²) < 4.78 is 6.13. The van der Waals surface area contributed by atoms with Crippen LogP contribution in [0.1, 0.15) is 122 Å². The van der Waals surface area contributed by atoms with E-state index in [0.717, 1.165) is 12.6 Å². The lowest BCUT2D eigenvalue weighted by Crippen LogP contribution is -2.38. The number of rotatable bonds is 11. The van der Waals surface area contributed by atoms with Gasteiger partial charge >= 0.3 is 0 Å². The van der Waals surface area contributed by atoms with E-state index in [1.54, 1.807) is 0 Å². The van der Waals surface area contributed by atoms with E-state index in [1.807, 2.05) is 0 Å². The number of aliphatic imine (C=N–C) groups is 1. The predicted octanol–water partition coefficient (Wildman–Crippen LogP) is 6.75. The molecule has 0 unspecified atom stereocenters. The van der Waals surface area contributed by atoms with Crippen LogP contribution in [0.25, 0.3) is 0 Å². The summed E-state index contributed by atoms with van der Waals surface area (Å²) in [6.45, 7) is 3.12. The second-order valence-corrected chi connectivity index (χ2v) is 8.53. The van der Waals surface area contributed by atoms with Crippen molar-refractivity contribution in [2.24, 2.45) is 4.99 Å². The van der Waals surface area contributed by atoms with Gasteiger partial charge in [0.1, 0.15) is 0 Å². The van der Waals surface area contributed by atoms with Crippen LogP contribution in [0, 0.1) is 0 Å². The summed E-state index contributed by atoms with van der Waals surface area (Å²) in [6.07, 6.45) is 24.0. The van der Waals surface area contributed by atoms with Crippen LogP contribution in [0.5, 0.6) is 0 Å². The van der Waals surface area contributed by atoms with Gasteiger partial charge in [-0.25, -0.2) is 4.99 Å². The van der Waals surface area contributed by atoms with Crippen LogP contribution >= 0.6 is 0 Å². The number of hydrogen-bond acceptors (Lipinski definition) is 2. The summed E-state index contributed by atoms with van der Waals surface area (Å²) in [5.74, 6) is 0. The minimum Gasteiger partial charge on any atom is -0.465 e. The molecule has 2 aliphatic carbocycles. The fourth-order valence-electron chi connectivity index (χ4n) is 4.32. The molecule has 0 heterocycles. The predicted molar refractivity (Wildman–Crippen MR) is 113 cm³/mol. The van der Waals surface area contributed by atoms with E-state index in [4.69, 9.17) is 9.73 Å². The molecule has 2 fully saturated rings. The van der Waals surface area contributed by atoms with Gasteiger partial charge in [0, 0.05) is 6.04 Å². The zero-order chi connectivity index (χ0) is 18.3. The Balaban J connectivity index is 1.65. The highest BCUT2D eigenvalue weighted by molar-refractivity contribution is 5.74. The molecule has 0 aromatic carbocycles. The number of unbranched alkanes of at least 4 members (excludes halogenated alkanes) is 7. The van der Waals surface area contributed by atoms with E-state index in [0.29, 0.717) is 12.1 Å². The Hall–Kier alpha value is -0.730. The Morgan fingerprint density at radius 1 is 0.769 bits per heavy atom. The third-order valence-electron chi connectivity index (χ3n) is 6.04. The molecule has 0 radical (unpaired) electrons. The van der Waals surface area contributed by atoms with E-state index in [-0.39, 0.29) is 0 Å². The van der Waals surface area contributed by atoms with Crippen molar-refractivity contribution < 1.29 is 4.74 Å². The largest absolute Gasteiger partial charge is 0.465 e. The molecule has 0 bridgehead atoms. The fourth-order valence-corrected chi connectivity index (χ4v) is 4.32. The van der Waals surface area contributed by atoms with Gasteiger partial charge < -0.3 is 10.1 Å². The Morgan fingerprint density at radius 3 is 2.00 bits per heavy atom. The number of nitrogens with zero attached hydrogens (tertiary/aromatic N) is 1. The highest BCUT2D eigenvalue weighted by Gasteiger charge is 2.18. The van der Waals surface area contributed by atoms with Crippen molar-refractivity contribution in [3.8, 4) is 0 Å². The van der Waals surface area contributed by atoms with Gasteiger partial charge in [-0.05, 0) is 32.1 Å². The summed E-state index contributed by atoms with van der Waals surface area (Å²) >= 11 is 0. The molecular weight excluding hydrogens is 320 g/mol. The van der Waals surface area contributed by atoms with E-state index in [2.05, 4.69) is 12.2 Å². The summed E-state index contributed by atoms with van der Waals surface area (Å²) in [5.41, 5.74) is 0. The lowest BCUT2D eigenvalue weighted by molar-refractivity contribution is 0.260. The van der Waals surface area contributed by atoms with Crippen LogP contribution in [0.2, 0.25) is 0 Å².